The second kappa shape index (κ2) is 12.5. The van der Waals surface area contributed by atoms with Crippen molar-refractivity contribution in [2.75, 3.05) is 25.2 Å². The Kier molecular flexibility index (Phi) is 10.0. The number of H-pyrrole nitrogens is 1. The largest absolute Gasteiger partial charge is 0.420 e. The molecule has 182 valence electrons. The zero-order chi connectivity index (χ0) is 25.3. The average molecular weight is 516 g/mol. The van der Waals surface area contributed by atoms with Crippen molar-refractivity contribution in [2.24, 2.45) is 0 Å². The number of thioether (sulfide) groups is 1. The van der Waals surface area contributed by atoms with Crippen LogP contribution in [0.2, 0.25) is 0 Å². The molecule has 1 aliphatic heterocycles. The van der Waals surface area contributed by atoms with Gasteiger partial charge in [-0.3, -0.25) is 14.4 Å². The molecule has 0 saturated heterocycles. The maximum atomic E-state index is 14.2. The molecule has 1 aromatic carbocycles. The molecule has 0 radical (unpaired) electrons. The van der Waals surface area contributed by atoms with Crippen molar-refractivity contribution in [3.8, 4) is 0 Å². The van der Waals surface area contributed by atoms with Crippen LogP contribution >= 0.6 is 23.1 Å². The molecule has 6 nitrogen and oxygen atoms in total. The SMILES string of the molecule is C1=CSCC1.CNC.O=Cc1cc2cc(F)c(C(F)(F)F)c(C(=O)Nc3ccsc3)c2[nH]c1=O. The predicted molar refractivity (Wildman–Crippen MR) is 128 cm³/mol. The fourth-order valence-electron chi connectivity index (χ4n) is 2.80. The summed E-state index contributed by atoms with van der Waals surface area (Å²) in [5.74, 6) is -1.63. The highest BCUT2D eigenvalue weighted by molar-refractivity contribution is 8.02. The number of thiophene rings is 1. The van der Waals surface area contributed by atoms with Gasteiger partial charge >= 0.3 is 6.18 Å². The Labute approximate surface area is 200 Å². The summed E-state index contributed by atoms with van der Waals surface area (Å²) in [6, 6.07) is 2.89. The molecular formula is C22H21F4N3O3S2. The molecule has 3 heterocycles. The molecule has 0 bridgehead atoms. The topological polar surface area (TPSA) is 91.1 Å². The van der Waals surface area contributed by atoms with E-state index in [1.807, 2.05) is 25.9 Å². The number of allylic oxidation sites excluding steroid dienone is 1. The summed E-state index contributed by atoms with van der Waals surface area (Å²) >= 11 is 3.09. The molecule has 0 saturated carbocycles. The Bertz CT molecular complexity index is 1220. The number of anilines is 1. The van der Waals surface area contributed by atoms with Crippen LogP contribution in [0, 0.1) is 5.82 Å². The van der Waals surface area contributed by atoms with Crippen LogP contribution in [-0.2, 0) is 6.18 Å². The van der Waals surface area contributed by atoms with E-state index in [0.29, 0.717) is 6.07 Å². The van der Waals surface area contributed by atoms with Gasteiger partial charge in [0, 0.05) is 16.5 Å². The first kappa shape index (κ1) is 27.3. The minimum absolute atomic E-state index is 0.180. The Morgan fingerprint density at radius 1 is 1.24 bits per heavy atom. The maximum absolute atomic E-state index is 14.2. The highest BCUT2D eigenvalue weighted by atomic mass is 32.2. The van der Waals surface area contributed by atoms with Crippen LogP contribution in [0.5, 0.6) is 0 Å². The van der Waals surface area contributed by atoms with Crippen molar-refractivity contribution in [1.29, 1.82) is 0 Å². The van der Waals surface area contributed by atoms with Gasteiger partial charge in [-0.25, -0.2) is 4.39 Å². The van der Waals surface area contributed by atoms with Gasteiger partial charge in [0.1, 0.15) is 11.4 Å². The van der Waals surface area contributed by atoms with Crippen molar-refractivity contribution in [3.05, 3.63) is 73.3 Å². The number of pyridine rings is 1. The summed E-state index contributed by atoms with van der Waals surface area (Å²) in [6.45, 7) is 0. The molecule has 0 unspecified atom stereocenters. The van der Waals surface area contributed by atoms with Crippen molar-refractivity contribution >= 4 is 51.9 Å². The van der Waals surface area contributed by atoms with Crippen LogP contribution in [0.25, 0.3) is 10.9 Å². The van der Waals surface area contributed by atoms with Gasteiger partial charge in [0.15, 0.2) is 6.29 Å². The monoisotopic (exact) mass is 515 g/mol. The molecule has 0 aliphatic carbocycles. The average Bonchev–Trinajstić information content (AvgIpc) is 3.49. The fraction of sp³-hybridized carbons (Fsp3) is 0.227. The van der Waals surface area contributed by atoms with Gasteiger partial charge in [-0.2, -0.15) is 24.5 Å². The Hall–Kier alpha value is -2.96. The van der Waals surface area contributed by atoms with Crippen molar-refractivity contribution in [1.82, 2.24) is 10.3 Å². The summed E-state index contributed by atoms with van der Waals surface area (Å²) in [7, 11) is 3.75. The van der Waals surface area contributed by atoms with Gasteiger partial charge in [-0.1, -0.05) is 6.08 Å². The minimum Gasteiger partial charge on any atom is -0.323 e. The van der Waals surface area contributed by atoms with Crippen molar-refractivity contribution < 1.29 is 27.2 Å². The van der Waals surface area contributed by atoms with Crippen molar-refractivity contribution in [2.45, 2.75) is 12.6 Å². The number of halogens is 4. The lowest BCUT2D eigenvalue weighted by molar-refractivity contribution is -0.140. The molecular weight excluding hydrogens is 494 g/mol. The number of nitrogens with one attached hydrogen (secondary N) is 3. The lowest BCUT2D eigenvalue weighted by atomic mass is 10.00. The molecule has 1 amide bonds. The van der Waals surface area contributed by atoms with E-state index < -0.39 is 45.7 Å². The van der Waals surface area contributed by atoms with E-state index >= 15 is 0 Å². The number of rotatable bonds is 3. The van der Waals surface area contributed by atoms with Crippen LogP contribution < -0.4 is 16.2 Å². The third-order valence-corrected chi connectivity index (χ3v) is 5.67. The zero-order valence-corrected chi connectivity index (χ0v) is 19.7. The second-order valence-electron chi connectivity index (χ2n) is 6.74. The number of amides is 1. The van der Waals surface area contributed by atoms with E-state index in [1.54, 1.807) is 5.38 Å². The molecule has 1 aliphatic rings. The number of fused-ring (bicyclic) bond motifs is 1. The Balaban J connectivity index is 0.000000436. The second-order valence-corrected chi connectivity index (χ2v) is 8.53. The highest BCUT2D eigenvalue weighted by Gasteiger charge is 2.40. The molecule has 0 spiro atoms. The summed E-state index contributed by atoms with van der Waals surface area (Å²) in [5.41, 5.74) is -4.54. The molecule has 0 atom stereocenters. The van der Waals surface area contributed by atoms with Crippen LogP contribution in [0.3, 0.4) is 0 Å². The summed E-state index contributed by atoms with van der Waals surface area (Å²) in [5, 5.41) is 9.98. The van der Waals surface area contributed by atoms with E-state index in [0.717, 1.165) is 6.07 Å². The van der Waals surface area contributed by atoms with Crippen LogP contribution in [0.4, 0.5) is 23.2 Å². The summed E-state index contributed by atoms with van der Waals surface area (Å²) in [6.07, 6.45) is -1.52. The molecule has 3 aromatic rings. The number of hydrogen-bond acceptors (Lipinski definition) is 6. The first-order valence-corrected chi connectivity index (χ1v) is 11.7. The quantitative estimate of drug-likeness (QED) is 0.326. The first-order chi connectivity index (χ1) is 16.1. The number of aromatic amines is 1. The number of benzene rings is 1. The Morgan fingerprint density at radius 3 is 2.41 bits per heavy atom. The van der Waals surface area contributed by atoms with Gasteiger partial charge in [0.05, 0.1) is 22.3 Å². The number of aldehydes is 1. The first-order valence-electron chi connectivity index (χ1n) is 9.74. The lowest BCUT2D eigenvalue weighted by Gasteiger charge is -2.16. The standard InChI is InChI=1S/C16H8F4N2O3S.C4H6S.C2H7N/c17-10-4-7-3-8(5-23)14(24)22-13(7)11(12(10)16(18,19)20)15(25)21-9-1-2-26-6-9;1-2-4-5-3-1;1-3-2/h1-6H,(H,21,25)(H,22,24);1,3H,2,4H2;3H,1-2H3. The van der Waals surface area contributed by atoms with Gasteiger partial charge in [0.2, 0.25) is 0 Å². The van der Waals surface area contributed by atoms with Gasteiger partial charge < -0.3 is 15.6 Å². The molecule has 0 fully saturated rings. The zero-order valence-electron chi connectivity index (χ0n) is 18.1. The lowest BCUT2D eigenvalue weighted by Crippen LogP contribution is -2.23. The third kappa shape index (κ3) is 7.02. The molecule has 12 heteroatoms. The fourth-order valence-corrected chi connectivity index (χ4v) is 4.07. The van der Waals surface area contributed by atoms with E-state index in [9.17, 15) is 31.9 Å². The number of aromatic nitrogens is 1. The molecule has 4 rings (SSSR count). The van der Waals surface area contributed by atoms with Crippen LogP contribution in [0.15, 0.2) is 45.2 Å². The van der Waals surface area contributed by atoms with Gasteiger partial charge in [-0.15, -0.1) is 11.8 Å². The third-order valence-electron chi connectivity index (χ3n) is 4.13. The van der Waals surface area contributed by atoms with Gasteiger partial charge in [0.25, 0.3) is 11.5 Å². The maximum Gasteiger partial charge on any atom is 0.420 e. The van der Waals surface area contributed by atoms with Crippen LogP contribution in [-0.4, -0.2) is 37.0 Å². The molecule has 2 aromatic heterocycles. The van der Waals surface area contributed by atoms with Crippen molar-refractivity contribution in [3.63, 3.8) is 0 Å². The Morgan fingerprint density at radius 2 is 1.94 bits per heavy atom. The normalized spacial score (nSPS) is 12.4. The summed E-state index contributed by atoms with van der Waals surface area (Å²) in [4.78, 5) is 37.2. The number of hydrogen-bond donors (Lipinski definition) is 3. The molecule has 3 N–H and O–H groups in total. The van der Waals surface area contributed by atoms with E-state index in [2.05, 4.69) is 27.1 Å². The number of carbonyl (C=O) groups is 2. The van der Waals surface area contributed by atoms with E-state index in [1.165, 1.54) is 35.0 Å². The summed E-state index contributed by atoms with van der Waals surface area (Å²) < 4.78 is 54.2. The van der Waals surface area contributed by atoms with E-state index in [-0.39, 0.29) is 17.4 Å². The number of carbonyl (C=O) groups excluding carboxylic acids is 2. The minimum atomic E-state index is -5.18. The van der Waals surface area contributed by atoms with E-state index in [4.69, 9.17) is 0 Å². The highest BCUT2D eigenvalue weighted by Crippen LogP contribution is 2.37. The molecule has 34 heavy (non-hydrogen) atoms. The predicted octanol–water partition coefficient (Wildman–Crippen LogP) is 5.28. The van der Waals surface area contributed by atoms with Crippen LogP contribution in [0.1, 0.15) is 32.7 Å². The van der Waals surface area contributed by atoms with Gasteiger partial charge in [-0.05, 0) is 49.5 Å². The smallest absolute Gasteiger partial charge is 0.323 e. The number of alkyl halides is 3.